The smallest absolute Gasteiger partial charge is 0.351 e. The topological polar surface area (TPSA) is 259 Å². The Labute approximate surface area is 544 Å². The molecule has 1 fully saturated rings. The molecular weight excluding hydrogens is 1230 g/mol. The second-order valence-electron chi connectivity index (χ2n) is 25.9. The van der Waals surface area contributed by atoms with Gasteiger partial charge in [0.1, 0.15) is 41.8 Å². The van der Waals surface area contributed by atoms with Gasteiger partial charge >= 0.3 is 6.18 Å². The average molecular weight is 1320 g/mol. The molecule has 0 saturated carbocycles. The van der Waals surface area contributed by atoms with Crippen LogP contribution in [0.4, 0.5) is 13.2 Å². The van der Waals surface area contributed by atoms with Crippen molar-refractivity contribution in [1.82, 2.24) is 55.6 Å². The van der Waals surface area contributed by atoms with Gasteiger partial charge in [0.15, 0.2) is 0 Å². The molecule has 0 spiro atoms. The molecule has 508 valence electrons. The van der Waals surface area contributed by atoms with E-state index < -0.39 is 161 Å². The number of amides is 11. The molecule has 1 aliphatic heterocycles. The summed E-state index contributed by atoms with van der Waals surface area (Å²) in [4.78, 5) is 166. The third-order valence-electron chi connectivity index (χ3n) is 16.4. The Morgan fingerprint density at radius 3 is 1.66 bits per heavy atom. The molecular formula is C64H96Cl2F3N11O11. The highest BCUT2D eigenvalue weighted by Crippen LogP contribution is 2.35. The Bertz CT molecular complexity index is 2930. The first-order chi connectivity index (χ1) is 42.0. The number of halogens is 5. The van der Waals surface area contributed by atoms with Gasteiger partial charge in [0, 0.05) is 73.2 Å². The predicted molar refractivity (Wildman–Crippen MR) is 341 cm³/mol. The van der Waals surface area contributed by atoms with Gasteiger partial charge in [0.25, 0.3) is 0 Å². The van der Waals surface area contributed by atoms with Crippen molar-refractivity contribution in [3.63, 3.8) is 0 Å². The highest BCUT2D eigenvalue weighted by Gasteiger charge is 2.43. The minimum Gasteiger partial charge on any atom is -0.351 e. The number of alkyl halides is 3. The maximum absolute atomic E-state index is 15.0. The first kappa shape index (κ1) is 78.2. The second kappa shape index (κ2) is 34.0. The summed E-state index contributed by atoms with van der Waals surface area (Å²) in [6.07, 6.45) is -4.98. The van der Waals surface area contributed by atoms with Crippen molar-refractivity contribution in [1.29, 1.82) is 0 Å². The SMILES string of the molecule is CC[C@H](C)[C@@H]1NC(=O)[C@H](C(C)C)N(C)C(=O)C[C@@H](C)NC(=O)[C@H](CC(C)C)N(C)C(=O)C(C)(C)NC(=O)[C@@H](CC(C)C)N(C)C(=O)[C@H](CCc2ccc(C(F)(F)F)c(Cl)c2)NC(=O)CN(C)C(=O)[C@H](Cc2ccc(Cl)cc2)N(C)C(=O)CN(C)C(=O)CN(C)C1=O. The monoisotopic (exact) mass is 1320 g/mol. The minimum absolute atomic E-state index is 0.0217. The predicted octanol–water partition coefficient (Wildman–Crippen LogP) is 5.44. The third-order valence-corrected chi connectivity index (χ3v) is 17.0. The Balaban J connectivity index is 2.24. The van der Waals surface area contributed by atoms with Gasteiger partial charge in [-0.15, -0.1) is 0 Å². The standard InChI is InChI=1S/C64H96Cl2F3N11O11/c1-19-39(8)54-61(90)76(14)34-52(83)74(12)35-53(84)77(15)49(32-42-20-24-43(65)25-21-42)60(89)75(13)33-50(81)71-46(27-23-41-22-26-44(45(66)31-41)64(67,68)69)59(88)78(16)48(29-37(4)5)57(86)73-63(10,11)62(91)79(17)47(28-36(2)3)56(85)70-40(9)30-51(82)80(18)55(38(6)7)58(87)72-54/h20-22,24-26,31,36-40,46-49,54-55H,19,23,27-30,32-35H2,1-18H3,(H,70,85)(H,71,81)(H,72,87)(H,73,86)/t39-,40+,46-,47-,48+,49-,54-,55-/m0/s1. The van der Waals surface area contributed by atoms with E-state index in [-0.39, 0.29) is 55.9 Å². The van der Waals surface area contributed by atoms with Crippen molar-refractivity contribution in [3.05, 3.63) is 69.2 Å². The van der Waals surface area contributed by atoms with Crippen molar-refractivity contribution < 1.29 is 65.9 Å². The van der Waals surface area contributed by atoms with Gasteiger partial charge in [0.2, 0.25) is 65.0 Å². The number of carbonyl (C=O) groups is 11. The fraction of sp³-hybridized carbons (Fsp3) is 0.641. The highest BCUT2D eigenvalue weighted by molar-refractivity contribution is 6.31. The molecule has 2 aromatic carbocycles. The zero-order valence-electron chi connectivity index (χ0n) is 56.0. The van der Waals surface area contributed by atoms with Crippen molar-refractivity contribution in [2.75, 3.05) is 69.0 Å². The summed E-state index contributed by atoms with van der Waals surface area (Å²) in [5, 5.41) is 10.9. The van der Waals surface area contributed by atoms with Crippen molar-refractivity contribution >= 4 is 88.2 Å². The van der Waals surface area contributed by atoms with E-state index in [1.54, 1.807) is 65.8 Å². The van der Waals surface area contributed by atoms with Crippen molar-refractivity contribution in [2.45, 2.75) is 175 Å². The summed E-state index contributed by atoms with van der Waals surface area (Å²) < 4.78 is 41.3. The van der Waals surface area contributed by atoms with Crippen LogP contribution in [0.2, 0.25) is 10.0 Å². The Hall–Kier alpha value is -7.02. The summed E-state index contributed by atoms with van der Waals surface area (Å²) in [6, 6.07) is 1.08. The normalized spacial score (nSPS) is 23.6. The van der Waals surface area contributed by atoms with Crippen molar-refractivity contribution in [2.24, 2.45) is 23.7 Å². The van der Waals surface area contributed by atoms with E-state index in [1.807, 2.05) is 20.8 Å². The molecule has 27 heteroatoms. The molecule has 0 bridgehead atoms. The summed E-state index contributed by atoms with van der Waals surface area (Å²) in [5.74, 6) is -9.18. The van der Waals surface area contributed by atoms with Crippen LogP contribution in [0.15, 0.2) is 42.5 Å². The number of benzene rings is 2. The number of rotatable bonds is 12. The molecule has 1 saturated heterocycles. The molecule has 8 atom stereocenters. The molecule has 0 radical (unpaired) electrons. The van der Waals surface area contributed by atoms with Crippen LogP contribution < -0.4 is 21.3 Å². The van der Waals surface area contributed by atoms with E-state index >= 15 is 0 Å². The van der Waals surface area contributed by atoms with Gasteiger partial charge in [-0.05, 0) is 106 Å². The molecule has 0 aromatic heterocycles. The van der Waals surface area contributed by atoms with E-state index in [9.17, 15) is 65.9 Å². The van der Waals surface area contributed by atoms with E-state index in [0.29, 0.717) is 17.0 Å². The lowest BCUT2D eigenvalue weighted by Crippen LogP contribution is -2.63. The minimum atomic E-state index is -4.77. The summed E-state index contributed by atoms with van der Waals surface area (Å²) in [5.41, 5.74) is -2.03. The van der Waals surface area contributed by atoms with Gasteiger partial charge in [-0.3, -0.25) is 52.7 Å². The molecule has 0 unspecified atom stereocenters. The Morgan fingerprint density at radius 1 is 0.593 bits per heavy atom. The van der Waals surface area contributed by atoms with Gasteiger partial charge in [-0.25, -0.2) is 0 Å². The van der Waals surface area contributed by atoms with Gasteiger partial charge in [0.05, 0.1) is 30.2 Å². The highest BCUT2D eigenvalue weighted by atomic mass is 35.5. The van der Waals surface area contributed by atoms with Gasteiger partial charge in [-0.1, -0.05) is 103 Å². The maximum atomic E-state index is 15.0. The van der Waals surface area contributed by atoms with Gasteiger partial charge in [-0.2, -0.15) is 13.2 Å². The number of nitrogens with zero attached hydrogens (tertiary/aromatic N) is 7. The zero-order chi connectivity index (χ0) is 69.5. The number of likely N-dealkylation sites (N-methyl/N-ethyl adjacent to an activating group) is 7. The van der Waals surface area contributed by atoms with Crippen LogP contribution in [-0.4, -0.2) is 216 Å². The molecule has 22 nitrogen and oxygen atoms in total. The van der Waals surface area contributed by atoms with Crippen LogP contribution in [0.25, 0.3) is 0 Å². The number of hydrogen-bond donors (Lipinski definition) is 4. The lowest BCUT2D eigenvalue weighted by Gasteiger charge is -2.38. The third kappa shape index (κ3) is 22.4. The number of hydrogen-bond acceptors (Lipinski definition) is 11. The van der Waals surface area contributed by atoms with Crippen LogP contribution in [0, 0.1) is 23.7 Å². The molecule has 0 aliphatic carbocycles. The lowest BCUT2D eigenvalue weighted by atomic mass is 9.95. The number of carbonyl (C=O) groups excluding carboxylic acids is 11. The Morgan fingerprint density at radius 2 is 1.13 bits per heavy atom. The summed E-state index contributed by atoms with van der Waals surface area (Å²) >= 11 is 12.3. The van der Waals surface area contributed by atoms with E-state index in [2.05, 4.69) is 21.3 Å². The molecule has 1 heterocycles. The molecule has 11 amide bonds. The molecule has 91 heavy (non-hydrogen) atoms. The van der Waals surface area contributed by atoms with E-state index in [1.165, 1.54) is 79.0 Å². The van der Waals surface area contributed by atoms with Crippen LogP contribution in [0.1, 0.15) is 125 Å². The van der Waals surface area contributed by atoms with E-state index in [0.717, 1.165) is 36.6 Å². The van der Waals surface area contributed by atoms with Crippen LogP contribution in [-0.2, 0) is 71.8 Å². The first-order valence-electron chi connectivity index (χ1n) is 30.7. The molecule has 1 aliphatic rings. The molecule has 4 N–H and O–H groups in total. The van der Waals surface area contributed by atoms with Gasteiger partial charge < -0.3 is 55.6 Å². The zero-order valence-corrected chi connectivity index (χ0v) is 57.5. The van der Waals surface area contributed by atoms with Crippen LogP contribution in [0.5, 0.6) is 0 Å². The second-order valence-corrected chi connectivity index (χ2v) is 26.8. The van der Waals surface area contributed by atoms with E-state index in [4.69, 9.17) is 23.2 Å². The lowest BCUT2D eigenvalue weighted by molar-refractivity contribution is -0.149. The van der Waals surface area contributed by atoms with Crippen LogP contribution in [0.3, 0.4) is 0 Å². The number of aryl methyl sites for hydroxylation is 1. The summed E-state index contributed by atoms with van der Waals surface area (Å²) in [6.45, 7) is 16.9. The quantitative estimate of drug-likeness (QED) is 0.208. The largest absolute Gasteiger partial charge is 0.417 e. The fourth-order valence-corrected chi connectivity index (χ4v) is 11.2. The average Bonchev–Trinajstić information content (AvgIpc) is 1.01. The maximum Gasteiger partial charge on any atom is 0.417 e. The first-order valence-corrected chi connectivity index (χ1v) is 31.4. The Kier molecular flexibility index (Phi) is 29.3. The van der Waals surface area contributed by atoms with Crippen LogP contribution >= 0.6 is 23.2 Å². The molecule has 2 aromatic rings. The number of nitrogens with one attached hydrogen (secondary N) is 4. The fourth-order valence-electron chi connectivity index (χ4n) is 10.7. The van der Waals surface area contributed by atoms with Crippen molar-refractivity contribution in [3.8, 4) is 0 Å². The molecule has 3 rings (SSSR count). The summed E-state index contributed by atoms with van der Waals surface area (Å²) in [7, 11) is 9.48.